The molecule has 2 saturated heterocycles. The fourth-order valence-corrected chi connectivity index (χ4v) is 5.52. The predicted molar refractivity (Wildman–Crippen MR) is 123 cm³/mol. The molecule has 0 aliphatic carbocycles. The van der Waals surface area contributed by atoms with Gasteiger partial charge in [0, 0.05) is 44.3 Å². The van der Waals surface area contributed by atoms with Crippen LogP contribution in [0.2, 0.25) is 0 Å². The zero-order chi connectivity index (χ0) is 22.1. The first-order valence-electron chi connectivity index (χ1n) is 11.4. The van der Waals surface area contributed by atoms with Crippen LogP contribution in [0.25, 0.3) is 0 Å². The molecular formula is C23H31N5O3S. The summed E-state index contributed by atoms with van der Waals surface area (Å²) in [7, 11) is -2.77. The van der Waals surface area contributed by atoms with E-state index in [2.05, 4.69) is 38.0 Å². The lowest BCUT2D eigenvalue weighted by Crippen LogP contribution is -2.39. The van der Waals surface area contributed by atoms with Crippen LogP contribution >= 0.6 is 0 Å². The third kappa shape index (κ3) is 4.54. The first-order valence-corrected chi connectivity index (χ1v) is 13.4. The van der Waals surface area contributed by atoms with Crippen LogP contribution in [0.4, 0.5) is 5.95 Å². The predicted octanol–water partition coefficient (Wildman–Crippen LogP) is 3.34. The van der Waals surface area contributed by atoms with Gasteiger partial charge in [-0.2, -0.15) is 0 Å². The van der Waals surface area contributed by atoms with Crippen molar-refractivity contribution in [2.24, 2.45) is 5.92 Å². The quantitative estimate of drug-likeness (QED) is 0.736. The van der Waals surface area contributed by atoms with Gasteiger partial charge < -0.3 is 14.4 Å². The zero-order valence-corrected chi connectivity index (χ0v) is 19.4. The van der Waals surface area contributed by atoms with Gasteiger partial charge in [0.25, 0.3) is 0 Å². The van der Waals surface area contributed by atoms with E-state index in [-0.39, 0.29) is 0 Å². The maximum Gasteiger partial charge on any atom is 0.225 e. The smallest absolute Gasteiger partial charge is 0.225 e. The molecule has 32 heavy (non-hydrogen) atoms. The third-order valence-electron chi connectivity index (χ3n) is 6.77. The molecule has 0 saturated carbocycles. The van der Waals surface area contributed by atoms with Crippen LogP contribution < -0.4 is 14.4 Å². The van der Waals surface area contributed by atoms with Crippen molar-refractivity contribution in [1.82, 2.24) is 14.9 Å². The Hall–Kier alpha value is -2.39. The summed E-state index contributed by atoms with van der Waals surface area (Å²) in [6.07, 6.45) is 9.10. The summed E-state index contributed by atoms with van der Waals surface area (Å²) in [5, 5.41) is 0. The van der Waals surface area contributed by atoms with Crippen LogP contribution in [0.3, 0.4) is 0 Å². The maximum atomic E-state index is 11.8. The number of rotatable bonds is 5. The summed E-state index contributed by atoms with van der Waals surface area (Å²) in [6, 6.07) is 6.88. The van der Waals surface area contributed by atoms with Gasteiger partial charge in [-0.05, 0) is 55.8 Å². The van der Waals surface area contributed by atoms with Crippen molar-refractivity contribution in [1.29, 1.82) is 4.78 Å². The summed E-state index contributed by atoms with van der Waals surface area (Å²) in [4.78, 5) is 14.0. The highest BCUT2D eigenvalue weighted by atomic mass is 32.2. The minimum absolute atomic E-state index is 0.385. The first kappa shape index (κ1) is 21.5. The van der Waals surface area contributed by atoms with E-state index >= 15 is 0 Å². The van der Waals surface area contributed by atoms with Crippen LogP contribution in [0.1, 0.15) is 37.3 Å². The van der Waals surface area contributed by atoms with Crippen LogP contribution in [-0.2, 0) is 9.73 Å². The molecule has 0 radical (unpaired) electrons. The van der Waals surface area contributed by atoms with Crippen LogP contribution in [0, 0.1) is 10.7 Å². The van der Waals surface area contributed by atoms with Gasteiger partial charge in [-0.25, -0.2) is 19.0 Å². The average Bonchev–Trinajstić information content (AvgIpc) is 3.27. The molecule has 5 rings (SSSR count). The number of piperidine rings is 1. The summed E-state index contributed by atoms with van der Waals surface area (Å²) in [5.74, 6) is 3.07. The second-order valence-electron chi connectivity index (χ2n) is 9.05. The number of fused-ring (bicyclic) bond motifs is 1. The summed E-state index contributed by atoms with van der Waals surface area (Å²) in [5.41, 5.74) is 1.33. The fourth-order valence-electron chi connectivity index (χ4n) is 5.01. The Morgan fingerprint density at radius 1 is 1.06 bits per heavy atom. The second-order valence-corrected chi connectivity index (χ2v) is 11.2. The van der Waals surface area contributed by atoms with E-state index in [9.17, 15) is 4.21 Å². The number of aromatic nitrogens is 2. The summed E-state index contributed by atoms with van der Waals surface area (Å²) < 4.78 is 31.0. The standard InChI is InChI=1S/C23H31N5O3S/c1-32(24,29)19-14-25-23(26-15-19)27-9-6-17(7-10-27)16-28-8-2-3-20(28)18-4-5-21-22(13-18)31-12-11-30-21/h4-5,13-15,17,20,24H,2-3,6-12,16H2,1H3/t20?,32-/m1/s1. The molecule has 4 heterocycles. The number of nitrogens with one attached hydrogen (secondary N) is 1. The topological polar surface area (TPSA) is 91.6 Å². The van der Waals surface area contributed by atoms with Crippen molar-refractivity contribution in [3.63, 3.8) is 0 Å². The summed E-state index contributed by atoms with van der Waals surface area (Å²) in [6.45, 7) is 5.36. The number of anilines is 1. The second kappa shape index (κ2) is 8.86. The fraction of sp³-hybridized carbons (Fsp3) is 0.565. The molecule has 8 nitrogen and oxygen atoms in total. The average molecular weight is 458 g/mol. The van der Waals surface area contributed by atoms with Crippen molar-refractivity contribution in [2.75, 3.05) is 50.5 Å². The van der Waals surface area contributed by atoms with Gasteiger partial charge >= 0.3 is 0 Å². The Kier molecular flexibility index (Phi) is 5.94. The molecule has 0 amide bonds. The number of likely N-dealkylation sites (tertiary alicyclic amines) is 1. The molecule has 1 aromatic heterocycles. The van der Waals surface area contributed by atoms with E-state index in [1.54, 1.807) is 0 Å². The van der Waals surface area contributed by atoms with E-state index in [1.165, 1.54) is 37.1 Å². The van der Waals surface area contributed by atoms with Gasteiger partial charge in [0.2, 0.25) is 5.95 Å². The number of nitrogens with zero attached hydrogens (tertiary/aromatic N) is 4. The SMILES string of the molecule is C[S@@](=N)(=O)c1cnc(N2CCC(CN3CCCC3c3ccc4c(c3)OCCO4)CC2)nc1. The highest BCUT2D eigenvalue weighted by Gasteiger charge is 2.31. The van der Waals surface area contributed by atoms with Gasteiger partial charge in [0.1, 0.15) is 13.2 Å². The minimum atomic E-state index is -2.77. The molecule has 2 aromatic rings. The van der Waals surface area contributed by atoms with E-state index in [1.807, 2.05) is 0 Å². The van der Waals surface area contributed by atoms with Crippen LogP contribution in [0.5, 0.6) is 11.5 Å². The molecule has 172 valence electrons. The lowest BCUT2D eigenvalue weighted by Gasteiger charge is -2.35. The van der Waals surface area contributed by atoms with E-state index in [0.717, 1.165) is 50.5 Å². The van der Waals surface area contributed by atoms with Crippen molar-refractivity contribution >= 4 is 15.7 Å². The molecule has 1 N–H and O–H groups in total. The highest BCUT2D eigenvalue weighted by molar-refractivity contribution is 7.91. The van der Waals surface area contributed by atoms with Gasteiger partial charge in [0.05, 0.1) is 14.6 Å². The van der Waals surface area contributed by atoms with Gasteiger partial charge in [-0.1, -0.05) is 6.07 Å². The van der Waals surface area contributed by atoms with Crippen LogP contribution in [0.15, 0.2) is 35.5 Å². The van der Waals surface area contributed by atoms with Gasteiger partial charge in [0.15, 0.2) is 11.5 Å². The maximum absolute atomic E-state index is 11.8. The third-order valence-corrected chi connectivity index (χ3v) is 7.88. The lowest BCUT2D eigenvalue weighted by atomic mass is 9.95. The molecule has 0 spiro atoms. The van der Waals surface area contributed by atoms with Gasteiger partial charge in [-0.15, -0.1) is 0 Å². The lowest BCUT2D eigenvalue weighted by molar-refractivity contribution is 0.169. The largest absolute Gasteiger partial charge is 0.486 e. The van der Waals surface area contributed by atoms with E-state index in [0.29, 0.717) is 36.0 Å². The van der Waals surface area contributed by atoms with E-state index in [4.69, 9.17) is 14.3 Å². The molecule has 1 aromatic carbocycles. The monoisotopic (exact) mass is 457 g/mol. The molecule has 3 aliphatic heterocycles. The Morgan fingerprint density at radius 2 is 1.78 bits per heavy atom. The Bertz CT molecular complexity index is 1050. The van der Waals surface area contributed by atoms with Crippen molar-refractivity contribution in [3.05, 3.63) is 36.2 Å². The number of benzene rings is 1. The number of hydrogen-bond acceptors (Lipinski definition) is 8. The van der Waals surface area contributed by atoms with Crippen molar-refractivity contribution < 1.29 is 13.7 Å². The molecule has 9 heteroatoms. The van der Waals surface area contributed by atoms with Crippen molar-refractivity contribution in [3.8, 4) is 11.5 Å². The molecule has 3 aliphatic rings. The first-order chi connectivity index (χ1) is 15.5. The molecule has 2 atom stereocenters. The normalized spacial score (nSPS) is 23.8. The van der Waals surface area contributed by atoms with Crippen LogP contribution in [-0.4, -0.2) is 64.7 Å². The molecule has 2 fully saturated rings. The Labute approximate surface area is 189 Å². The summed E-state index contributed by atoms with van der Waals surface area (Å²) >= 11 is 0. The molecule has 1 unspecified atom stereocenters. The van der Waals surface area contributed by atoms with E-state index < -0.39 is 9.73 Å². The Morgan fingerprint density at radius 3 is 2.50 bits per heavy atom. The Balaban J connectivity index is 1.18. The van der Waals surface area contributed by atoms with Gasteiger partial charge in [-0.3, -0.25) is 4.90 Å². The number of ether oxygens (including phenoxy) is 2. The highest BCUT2D eigenvalue weighted by Crippen LogP contribution is 2.39. The molecule has 0 bridgehead atoms. The zero-order valence-electron chi connectivity index (χ0n) is 18.5. The molecular weight excluding hydrogens is 426 g/mol. The number of hydrogen-bond donors (Lipinski definition) is 1. The van der Waals surface area contributed by atoms with Crippen molar-refractivity contribution in [2.45, 2.75) is 36.6 Å². The minimum Gasteiger partial charge on any atom is -0.486 e.